The molecule has 140 valence electrons. The maximum Gasteiger partial charge on any atom is 0.265 e. The lowest BCUT2D eigenvalue weighted by atomic mass is 10.1. The van der Waals surface area contributed by atoms with Crippen LogP contribution in [0.25, 0.3) is 0 Å². The number of hydrogen-bond donors (Lipinski definition) is 1. The highest BCUT2D eigenvalue weighted by atomic mass is 16.5. The quantitative estimate of drug-likeness (QED) is 0.883. The summed E-state index contributed by atoms with van der Waals surface area (Å²) in [7, 11) is 0. The highest BCUT2D eigenvalue weighted by molar-refractivity contribution is 6.01. The van der Waals surface area contributed by atoms with Gasteiger partial charge in [0.1, 0.15) is 5.75 Å². The fourth-order valence-corrected chi connectivity index (χ4v) is 3.40. The highest BCUT2D eigenvalue weighted by Crippen LogP contribution is 2.34. The molecule has 0 saturated carbocycles. The molecule has 1 N–H and O–H groups in total. The first kappa shape index (κ1) is 17.5. The average Bonchev–Trinajstić information content (AvgIpc) is 3.22. The van der Waals surface area contributed by atoms with Crippen LogP contribution in [-0.2, 0) is 16.1 Å². The van der Waals surface area contributed by atoms with Gasteiger partial charge < -0.3 is 19.7 Å². The number of amides is 2. The molecule has 6 nitrogen and oxygen atoms in total. The van der Waals surface area contributed by atoms with E-state index in [4.69, 9.17) is 9.47 Å². The van der Waals surface area contributed by atoms with E-state index >= 15 is 0 Å². The minimum atomic E-state index is -0.175. The Hall–Kier alpha value is -2.86. The number of carbonyl (C=O) groups excluding carboxylic acids is 2. The summed E-state index contributed by atoms with van der Waals surface area (Å²) in [6.07, 6.45) is 2.09. The number of benzene rings is 2. The fraction of sp³-hybridized carbons (Fsp3) is 0.333. The first-order valence-electron chi connectivity index (χ1n) is 9.21. The number of ether oxygens (including phenoxy) is 2. The maximum absolute atomic E-state index is 12.5. The minimum Gasteiger partial charge on any atom is -0.482 e. The van der Waals surface area contributed by atoms with Crippen LogP contribution < -0.4 is 15.0 Å². The summed E-state index contributed by atoms with van der Waals surface area (Å²) in [4.78, 5) is 26.6. The topological polar surface area (TPSA) is 67.9 Å². The van der Waals surface area contributed by atoms with Gasteiger partial charge in [-0.1, -0.05) is 30.3 Å². The smallest absolute Gasteiger partial charge is 0.265 e. The van der Waals surface area contributed by atoms with Crippen LogP contribution in [0.15, 0.2) is 48.5 Å². The average molecular weight is 366 g/mol. The van der Waals surface area contributed by atoms with Gasteiger partial charge in [-0.05, 0) is 36.6 Å². The van der Waals surface area contributed by atoms with Crippen LogP contribution in [0.1, 0.15) is 28.8 Å². The molecule has 2 heterocycles. The number of fused-ring (bicyclic) bond motifs is 1. The standard InChI is InChI=1S/C21H22N2O4/c24-20-14-27-19-9-8-16(21(25)22-12-17-7-4-10-26-17)11-18(19)23(20)13-15-5-2-1-3-6-15/h1-3,5-6,8-9,11,17H,4,7,10,12-14H2,(H,22,25)/t17-/m1/s1. The summed E-state index contributed by atoms with van der Waals surface area (Å²) in [6, 6.07) is 15.0. The van der Waals surface area contributed by atoms with Crippen molar-refractivity contribution in [2.75, 3.05) is 24.7 Å². The zero-order valence-corrected chi connectivity index (χ0v) is 15.0. The van der Waals surface area contributed by atoms with Gasteiger partial charge in [0.05, 0.1) is 18.3 Å². The Labute approximate surface area is 158 Å². The number of rotatable bonds is 5. The van der Waals surface area contributed by atoms with Crippen LogP contribution >= 0.6 is 0 Å². The zero-order valence-electron chi connectivity index (χ0n) is 15.0. The first-order chi connectivity index (χ1) is 13.2. The molecule has 0 unspecified atom stereocenters. The molecule has 0 aliphatic carbocycles. The summed E-state index contributed by atoms with van der Waals surface area (Å²) in [6.45, 7) is 1.70. The van der Waals surface area contributed by atoms with E-state index < -0.39 is 0 Å². The summed E-state index contributed by atoms with van der Waals surface area (Å²) in [5.41, 5.74) is 2.15. The van der Waals surface area contributed by atoms with Crippen LogP contribution in [0.4, 0.5) is 5.69 Å². The third kappa shape index (κ3) is 3.95. The molecular weight excluding hydrogens is 344 g/mol. The minimum absolute atomic E-state index is 0.00436. The van der Waals surface area contributed by atoms with Crippen LogP contribution in [0.2, 0.25) is 0 Å². The molecule has 1 atom stereocenters. The first-order valence-corrected chi connectivity index (χ1v) is 9.21. The number of hydrogen-bond acceptors (Lipinski definition) is 4. The molecule has 27 heavy (non-hydrogen) atoms. The van der Waals surface area contributed by atoms with Crippen LogP contribution in [0, 0.1) is 0 Å². The van der Waals surface area contributed by atoms with E-state index in [9.17, 15) is 9.59 Å². The van der Waals surface area contributed by atoms with Gasteiger partial charge in [-0.15, -0.1) is 0 Å². The number of nitrogens with zero attached hydrogens (tertiary/aromatic N) is 1. The van der Waals surface area contributed by atoms with Crippen molar-refractivity contribution >= 4 is 17.5 Å². The van der Waals surface area contributed by atoms with Gasteiger partial charge in [0.2, 0.25) is 0 Å². The van der Waals surface area contributed by atoms with Crippen molar-refractivity contribution in [3.05, 3.63) is 59.7 Å². The second-order valence-corrected chi connectivity index (χ2v) is 6.78. The molecule has 0 bridgehead atoms. The number of nitrogens with one attached hydrogen (secondary N) is 1. The Bertz CT molecular complexity index is 831. The lowest BCUT2D eigenvalue weighted by Crippen LogP contribution is -2.38. The molecule has 2 aliphatic heterocycles. The second-order valence-electron chi connectivity index (χ2n) is 6.78. The fourth-order valence-electron chi connectivity index (χ4n) is 3.40. The molecule has 0 radical (unpaired) electrons. The van der Waals surface area contributed by atoms with Crippen molar-refractivity contribution in [1.29, 1.82) is 0 Å². The second kappa shape index (κ2) is 7.80. The highest BCUT2D eigenvalue weighted by Gasteiger charge is 2.27. The SMILES string of the molecule is O=C(NC[C@H]1CCCO1)c1ccc2c(c1)N(Cc1ccccc1)C(=O)CO2. The van der Waals surface area contributed by atoms with Crippen LogP contribution in [-0.4, -0.2) is 37.7 Å². The van der Waals surface area contributed by atoms with Gasteiger partial charge in [0.15, 0.2) is 6.61 Å². The molecule has 0 aromatic heterocycles. The van der Waals surface area contributed by atoms with Gasteiger partial charge in [0.25, 0.3) is 11.8 Å². The Morgan fingerprint density at radius 1 is 1.19 bits per heavy atom. The molecule has 2 aliphatic rings. The normalized spacial score (nSPS) is 18.7. The van der Waals surface area contributed by atoms with E-state index in [0.29, 0.717) is 30.1 Å². The Morgan fingerprint density at radius 2 is 2.04 bits per heavy atom. The molecule has 1 fully saturated rings. The van der Waals surface area contributed by atoms with Gasteiger partial charge in [-0.3, -0.25) is 9.59 Å². The van der Waals surface area contributed by atoms with E-state index in [1.807, 2.05) is 30.3 Å². The summed E-state index contributed by atoms with van der Waals surface area (Å²) in [5.74, 6) is 0.315. The van der Waals surface area contributed by atoms with Crippen LogP contribution in [0.5, 0.6) is 5.75 Å². The molecular formula is C21H22N2O4. The van der Waals surface area contributed by atoms with E-state index in [1.54, 1.807) is 23.1 Å². The third-order valence-corrected chi connectivity index (χ3v) is 4.86. The van der Waals surface area contributed by atoms with Crippen molar-refractivity contribution in [3.63, 3.8) is 0 Å². The predicted octanol–water partition coefficient (Wildman–Crippen LogP) is 2.52. The van der Waals surface area contributed by atoms with Gasteiger partial charge in [0, 0.05) is 18.7 Å². The monoisotopic (exact) mass is 366 g/mol. The summed E-state index contributed by atoms with van der Waals surface area (Å²) < 4.78 is 11.1. The molecule has 6 heteroatoms. The van der Waals surface area contributed by atoms with Crippen molar-refractivity contribution < 1.29 is 19.1 Å². The van der Waals surface area contributed by atoms with Crippen molar-refractivity contribution in [1.82, 2.24) is 5.32 Å². The molecule has 2 aromatic carbocycles. The van der Waals surface area contributed by atoms with E-state index in [0.717, 1.165) is 25.0 Å². The largest absolute Gasteiger partial charge is 0.482 e. The van der Waals surface area contributed by atoms with Crippen molar-refractivity contribution in [2.45, 2.75) is 25.5 Å². The predicted molar refractivity (Wildman–Crippen MR) is 101 cm³/mol. The Morgan fingerprint density at radius 3 is 2.81 bits per heavy atom. The molecule has 4 rings (SSSR count). The zero-order chi connectivity index (χ0) is 18.6. The van der Waals surface area contributed by atoms with Crippen molar-refractivity contribution in [2.24, 2.45) is 0 Å². The summed E-state index contributed by atoms with van der Waals surface area (Å²) in [5, 5.41) is 2.92. The van der Waals surface area contributed by atoms with E-state index in [-0.39, 0.29) is 24.5 Å². The Kier molecular flexibility index (Phi) is 5.07. The lowest BCUT2D eigenvalue weighted by Gasteiger charge is -2.30. The van der Waals surface area contributed by atoms with Gasteiger partial charge in [-0.2, -0.15) is 0 Å². The van der Waals surface area contributed by atoms with E-state index in [2.05, 4.69) is 5.32 Å². The summed E-state index contributed by atoms with van der Waals surface area (Å²) >= 11 is 0. The third-order valence-electron chi connectivity index (χ3n) is 4.86. The number of anilines is 1. The molecule has 1 saturated heterocycles. The van der Waals surface area contributed by atoms with Gasteiger partial charge in [-0.25, -0.2) is 0 Å². The van der Waals surface area contributed by atoms with Gasteiger partial charge >= 0.3 is 0 Å². The number of carbonyl (C=O) groups is 2. The molecule has 2 aromatic rings. The van der Waals surface area contributed by atoms with Crippen molar-refractivity contribution in [3.8, 4) is 5.75 Å². The van der Waals surface area contributed by atoms with E-state index in [1.165, 1.54) is 0 Å². The van der Waals surface area contributed by atoms with Crippen LogP contribution in [0.3, 0.4) is 0 Å². The lowest BCUT2D eigenvalue weighted by molar-refractivity contribution is -0.121. The molecule has 0 spiro atoms. The Balaban J connectivity index is 1.53. The molecule has 2 amide bonds. The maximum atomic E-state index is 12.5.